The molecule has 1 N–H and O–H groups in total. The first-order valence-electron chi connectivity index (χ1n) is 6.12. The number of carbonyl (C=O) groups excluding carboxylic acids is 1. The molecular weight excluding hydrogens is 262 g/mol. The quantitative estimate of drug-likeness (QED) is 0.753. The van der Waals surface area contributed by atoms with Gasteiger partial charge in [-0.3, -0.25) is 4.79 Å². The molecule has 1 amide bonds. The number of rotatable bonds is 7. The first-order valence-corrected chi connectivity index (χ1v) is 8.03. The third-order valence-electron chi connectivity index (χ3n) is 2.65. The monoisotopic (exact) mass is 283 g/mol. The molecule has 2 nitrogen and oxygen atoms in total. The van der Waals surface area contributed by atoms with Crippen molar-refractivity contribution >= 4 is 30.3 Å². The molecule has 18 heavy (non-hydrogen) atoms. The van der Waals surface area contributed by atoms with Gasteiger partial charge in [0.25, 0.3) is 0 Å². The van der Waals surface area contributed by atoms with Crippen molar-refractivity contribution < 1.29 is 4.79 Å². The van der Waals surface area contributed by atoms with Crippen LogP contribution in [0.25, 0.3) is 0 Å². The maximum absolute atomic E-state index is 11.9. The summed E-state index contributed by atoms with van der Waals surface area (Å²) in [5.74, 6) is 1.59. The van der Waals surface area contributed by atoms with E-state index in [2.05, 4.69) is 31.1 Å². The smallest absolute Gasteiger partial charge is 0.233 e. The second-order valence-corrected chi connectivity index (χ2v) is 6.05. The molecule has 0 saturated heterocycles. The van der Waals surface area contributed by atoms with Gasteiger partial charge in [0.2, 0.25) is 5.91 Å². The molecule has 0 saturated carbocycles. The van der Waals surface area contributed by atoms with Crippen LogP contribution < -0.4 is 5.32 Å². The molecule has 1 aromatic carbocycles. The van der Waals surface area contributed by atoms with Crippen LogP contribution in [0.1, 0.15) is 12.5 Å². The number of benzene rings is 1. The molecule has 0 aliphatic carbocycles. The van der Waals surface area contributed by atoms with Crippen molar-refractivity contribution in [3.05, 3.63) is 35.9 Å². The molecule has 0 spiro atoms. The van der Waals surface area contributed by atoms with E-state index in [-0.39, 0.29) is 11.2 Å². The Morgan fingerprint density at radius 1 is 1.39 bits per heavy atom. The van der Waals surface area contributed by atoms with Crippen molar-refractivity contribution in [3.63, 3.8) is 0 Å². The largest absolute Gasteiger partial charge is 0.355 e. The van der Waals surface area contributed by atoms with Crippen LogP contribution in [0.15, 0.2) is 30.3 Å². The van der Waals surface area contributed by atoms with Crippen molar-refractivity contribution in [3.8, 4) is 0 Å². The molecule has 4 heteroatoms. The minimum atomic E-state index is -0.270. The summed E-state index contributed by atoms with van der Waals surface area (Å²) in [4.78, 5) is 11.9. The average Bonchev–Trinajstić information content (AvgIpc) is 2.37. The first-order chi connectivity index (χ1) is 8.63. The van der Waals surface area contributed by atoms with Crippen LogP contribution in [-0.2, 0) is 11.2 Å². The highest BCUT2D eigenvalue weighted by Crippen LogP contribution is 2.08. The average molecular weight is 283 g/mol. The third kappa shape index (κ3) is 5.83. The Bertz CT molecular complexity index is 356. The maximum atomic E-state index is 11.9. The second kappa shape index (κ2) is 8.48. The van der Waals surface area contributed by atoms with Gasteiger partial charge < -0.3 is 5.32 Å². The highest BCUT2D eigenvalue weighted by atomic mass is 32.2. The molecule has 1 aromatic rings. The van der Waals surface area contributed by atoms with Crippen LogP contribution in [0.5, 0.6) is 0 Å². The van der Waals surface area contributed by atoms with Crippen LogP contribution in [0.3, 0.4) is 0 Å². The topological polar surface area (TPSA) is 29.1 Å². The molecule has 100 valence electrons. The number of carbonyl (C=O) groups is 1. The van der Waals surface area contributed by atoms with Gasteiger partial charge in [0.15, 0.2) is 0 Å². The van der Waals surface area contributed by atoms with Crippen molar-refractivity contribution in [2.24, 2.45) is 5.92 Å². The number of hydrogen-bond acceptors (Lipinski definition) is 3. The number of thioether (sulfide) groups is 1. The standard InChI is InChI=1S/C14H21NOS2/c1-11(10-18-2)9-15-14(16)13(17)8-12-6-4-3-5-7-12/h3-7,11,13,17H,8-10H2,1-2H3,(H,15,16). The van der Waals surface area contributed by atoms with Crippen molar-refractivity contribution in [2.45, 2.75) is 18.6 Å². The highest BCUT2D eigenvalue weighted by Gasteiger charge is 2.14. The van der Waals surface area contributed by atoms with Gasteiger partial charge in [-0.25, -0.2) is 0 Å². The predicted molar refractivity (Wildman–Crippen MR) is 83.5 cm³/mol. The SMILES string of the molecule is CSCC(C)CNC(=O)C(S)Cc1ccccc1. The number of thiol groups is 1. The Kier molecular flexibility index (Phi) is 7.28. The zero-order chi connectivity index (χ0) is 13.4. The van der Waals surface area contributed by atoms with E-state index in [1.54, 1.807) is 11.8 Å². The molecule has 2 atom stereocenters. The van der Waals surface area contributed by atoms with Crippen LogP contribution in [0.4, 0.5) is 0 Å². The van der Waals surface area contributed by atoms with Gasteiger partial charge >= 0.3 is 0 Å². The Morgan fingerprint density at radius 2 is 2.06 bits per heavy atom. The zero-order valence-electron chi connectivity index (χ0n) is 10.9. The Labute approximate surface area is 119 Å². The van der Waals surface area contributed by atoms with Gasteiger partial charge in [0, 0.05) is 6.54 Å². The van der Waals surface area contributed by atoms with Crippen LogP contribution >= 0.6 is 24.4 Å². The van der Waals surface area contributed by atoms with Gasteiger partial charge in [-0.15, -0.1) is 0 Å². The van der Waals surface area contributed by atoms with E-state index in [0.29, 0.717) is 12.3 Å². The van der Waals surface area contributed by atoms with Gasteiger partial charge in [0.1, 0.15) is 0 Å². The van der Waals surface area contributed by atoms with E-state index in [1.165, 1.54) is 0 Å². The number of amides is 1. The summed E-state index contributed by atoms with van der Waals surface area (Å²) in [6.07, 6.45) is 2.75. The second-order valence-electron chi connectivity index (χ2n) is 4.51. The van der Waals surface area contributed by atoms with Gasteiger partial charge in [-0.05, 0) is 29.9 Å². The summed E-state index contributed by atoms with van der Waals surface area (Å²) in [5.41, 5.74) is 1.14. The fourth-order valence-corrected chi connectivity index (χ4v) is 2.66. The van der Waals surface area contributed by atoms with Crippen molar-refractivity contribution in [2.75, 3.05) is 18.6 Å². The lowest BCUT2D eigenvalue weighted by Gasteiger charge is -2.14. The summed E-state index contributed by atoms with van der Waals surface area (Å²) >= 11 is 6.18. The Morgan fingerprint density at radius 3 is 2.67 bits per heavy atom. The fraction of sp³-hybridized carbons (Fsp3) is 0.500. The predicted octanol–water partition coefficient (Wildman–Crippen LogP) is 2.64. The molecule has 0 radical (unpaired) electrons. The lowest BCUT2D eigenvalue weighted by molar-refractivity contribution is -0.120. The minimum Gasteiger partial charge on any atom is -0.355 e. The van der Waals surface area contributed by atoms with Gasteiger partial charge in [-0.1, -0.05) is 37.3 Å². The Balaban J connectivity index is 2.33. The molecule has 0 bridgehead atoms. The van der Waals surface area contributed by atoms with Crippen molar-refractivity contribution in [1.82, 2.24) is 5.32 Å². The molecule has 1 rings (SSSR count). The molecular formula is C14H21NOS2. The van der Waals surface area contributed by atoms with Crippen LogP contribution in [0.2, 0.25) is 0 Å². The van der Waals surface area contributed by atoms with E-state index in [9.17, 15) is 4.79 Å². The molecule has 2 unspecified atom stereocenters. The number of hydrogen-bond donors (Lipinski definition) is 2. The lowest BCUT2D eigenvalue weighted by atomic mass is 10.1. The summed E-state index contributed by atoms with van der Waals surface area (Å²) in [6, 6.07) is 9.98. The maximum Gasteiger partial charge on any atom is 0.233 e. The molecule has 0 aliphatic heterocycles. The summed E-state index contributed by atoms with van der Waals surface area (Å²) < 4.78 is 0. The Hall–Kier alpha value is -0.610. The van der Waals surface area contributed by atoms with E-state index < -0.39 is 0 Å². The normalized spacial score (nSPS) is 13.9. The minimum absolute atomic E-state index is 0.0233. The van der Waals surface area contributed by atoms with E-state index in [1.807, 2.05) is 30.3 Å². The van der Waals surface area contributed by atoms with Crippen LogP contribution in [0, 0.1) is 5.92 Å². The highest BCUT2D eigenvalue weighted by molar-refractivity contribution is 7.98. The van der Waals surface area contributed by atoms with E-state index >= 15 is 0 Å². The van der Waals surface area contributed by atoms with E-state index in [0.717, 1.165) is 17.9 Å². The molecule has 0 heterocycles. The zero-order valence-corrected chi connectivity index (χ0v) is 12.6. The third-order valence-corrected chi connectivity index (χ3v) is 3.97. The fourth-order valence-electron chi connectivity index (χ4n) is 1.67. The van der Waals surface area contributed by atoms with Gasteiger partial charge in [-0.2, -0.15) is 24.4 Å². The first kappa shape index (κ1) is 15.4. The number of nitrogens with one attached hydrogen (secondary N) is 1. The van der Waals surface area contributed by atoms with E-state index in [4.69, 9.17) is 0 Å². The van der Waals surface area contributed by atoms with Crippen molar-refractivity contribution in [1.29, 1.82) is 0 Å². The summed E-state index contributed by atoms with van der Waals surface area (Å²) in [6.45, 7) is 2.87. The molecule has 0 fully saturated rings. The molecule has 0 aromatic heterocycles. The summed E-state index contributed by atoms with van der Waals surface area (Å²) in [7, 11) is 0. The van der Waals surface area contributed by atoms with Crippen LogP contribution in [-0.4, -0.2) is 29.7 Å². The lowest BCUT2D eigenvalue weighted by Crippen LogP contribution is -2.36. The molecule has 0 aliphatic rings. The summed E-state index contributed by atoms with van der Waals surface area (Å²) in [5, 5.41) is 2.69. The van der Waals surface area contributed by atoms with Gasteiger partial charge in [0.05, 0.1) is 5.25 Å².